The van der Waals surface area contributed by atoms with Crippen LogP contribution in [0.15, 0.2) is 210 Å². The Balaban J connectivity index is 0.000000113. The Hall–Kier alpha value is -14.0. The van der Waals surface area contributed by atoms with Gasteiger partial charge in [-0.1, -0.05) is 142 Å². The van der Waals surface area contributed by atoms with Crippen LogP contribution < -0.4 is 0 Å². The number of H-pyrrole nitrogens is 3. The topological polar surface area (TPSA) is 462 Å². The number of imidazole rings is 3. The number of aromatic nitrogens is 20. The number of para-hydroxylation sites is 7. The number of aryl methyl sites for hydroxylation is 7. The van der Waals surface area contributed by atoms with E-state index in [1.165, 1.54) is 45.5 Å². The highest BCUT2D eigenvalue weighted by molar-refractivity contribution is 8.01. The summed E-state index contributed by atoms with van der Waals surface area (Å²) in [4.78, 5) is 35.1. The molecule has 562 valence electrons. The lowest BCUT2D eigenvalue weighted by Gasteiger charge is -1.95. The van der Waals surface area contributed by atoms with Crippen LogP contribution in [0.25, 0.3) is 81.9 Å². The second kappa shape index (κ2) is 34.1. The van der Waals surface area contributed by atoms with Gasteiger partial charge in [-0.15, -0.1) is 63.6 Å². The number of nitrogens with one attached hydrogen (secondary N) is 3. The average molecular weight is 1620 g/mol. The first-order valence-corrected chi connectivity index (χ1v) is 39.5. The number of aromatic amines is 3. The third-order valence-corrected chi connectivity index (χ3v) is 21.9. The fraction of sp³-hybridized carbons (Fsp3) is 0.164. The quantitative estimate of drug-likeness (QED) is 0.0597. The van der Waals surface area contributed by atoms with Crippen molar-refractivity contribution in [3.63, 3.8) is 0 Å². The van der Waals surface area contributed by atoms with Crippen LogP contribution in [-0.4, -0.2) is 104 Å². The standard InChI is InChI=1S/C18H13N7O.C14H13N7S2.C14H12N6OS.C14H8N6S2.C13H11N7S/c1-11-15(17-19-13-9-5-6-10-14(13)25(17)23-11)21-22-18-20-16(24-26-18)12-7-3-2-4-8-12;1-3-22-14-19-18-13(23-14)17-16-11-8(2)20-21-10-7-5-4-6-9(10)15-12(11)21;1-3-12-17-14(21-20-12)19-18-10(7-15)13-16-9-6-8(2)4-5-11(9)22-13;1-8-9(6-15)13(22-20-8)19-18-11(7-16)14-17-10-4-2-3-5-12(10)21-14;1-7-11(16-17-13-14-8(2)19-21-13)12-15-9-5-3-4-6-10(9)20(12)18-7/h2-10,23H,1H3;4-7,20H,3H2,1-2H3;4-6,10H,3H2,1-2H3;2-5,11H,1H3;3-6,18H,1-2H3. The van der Waals surface area contributed by atoms with Crippen molar-refractivity contribution in [3.05, 3.63) is 201 Å². The fourth-order valence-electron chi connectivity index (χ4n) is 11.0. The average Bonchev–Trinajstić information content (AvgIpc) is 1.62. The normalized spacial score (nSPS) is 12.2. The number of fused-ring (bicyclic) bond motifs is 11. The Bertz CT molecular complexity index is 6930. The molecule has 13 aromatic heterocycles. The molecule has 41 heteroatoms. The first-order chi connectivity index (χ1) is 55.7. The van der Waals surface area contributed by atoms with E-state index in [2.05, 4.69) is 155 Å². The lowest BCUT2D eigenvalue weighted by atomic mass is 10.2. The van der Waals surface area contributed by atoms with Crippen molar-refractivity contribution < 1.29 is 9.05 Å². The minimum Gasteiger partial charge on any atom is -0.311 e. The smallest absolute Gasteiger partial charge is 0.311 e. The molecule has 0 aliphatic carbocycles. The van der Waals surface area contributed by atoms with E-state index in [-0.39, 0.29) is 12.0 Å². The molecule has 19 rings (SSSR count). The van der Waals surface area contributed by atoms with Crippen molar-refractivity contribution >= 4 is 184 Å². The molecule has 0 spiro atoms. The van der Waals surface area contributed by atoms with Gasteiger partial charge >= 0.3 is 12.0 Å². The van der Waals surface area contributed by atoms with E-state index in [9.17, 15) is 10.5 Å². The van der Waals surface area contributed by atoms with Crippen LogP contribution in [0.4, 0.5) is 44.4 Å². The van der Waals surface area contributed by atoms with Gasteiger partial charge in [0, 0.05) is 23.5 Å². The summed E-state index contributed by atoms with van der Waals surface area (Å²) in [6.45, 7) is 15.4. The van der Waals surface area contributed by atoms with Crippen molar-refractivity contribution in [2.24, 2.45) is 51.1 Å². The van der Waals surface area contributed by atoms with Gasteiger partial charge in [-0.05, 0) is 125 Å². The lowest BCUT2D eigenvalue weighted by molar-refractivity contribution is 0.417. The van der Waals surface area contributed by atoms with Gasteiger partial charge < -0.3 is 9.05 Å². The van der Waals surface area contributed by atoms with E-state index in [0.29, 0.717) is 71.8 Å². The second-order valence-electron chi connectivity index (χ2n) is 24.3. The first-order valence-electron chi connectivity index (χ1n) is 34.5. The Morgan fingerprint density at radius 3 is 1.56 bits per heavy atom. The van der Waals surface area contributed by atoms with Crippen LogP contribution in [0.1, 0.15) is 81.5 Å². The lowest BCUT2D eigenvalue weighted by Crippen LogP contribution is -1.89. The van der Waals surface area contributed by atoms with Gasteiger partial charge in [-0.3, -0.25) is 15.3 Å². The Kier molecular flexibility index (Phi) is 22.5. The van der Waals surface area contributed by atoms with E-state index in [4.69, 9.17) is 14.3 Å². The second-order valence-corrected chi connectivity index (χ2v) is 30.3. The molecule has 35 nitrogen and oxygen atoms in total. The fourth-order valence-corrected chi connectivity index (χ4v) is 15.7. The van der Waals surface area contributed by atoms with E-state index >= 15 is 0 Å². The maximum Gasteiger partial charge on any atom is 0.366 e. The van der Waals surface area contributed by atoms with Crippen molar-refractivity contribution in [2.75, 3.05) is 5.75 Å². The zero-order valence-electron chi connectivity index (χ0n) is 61.1. The number of benzene rings is 6. The van der Waals surface area contributed by atoms with Crippen LogP contribution >= 0.6 is 68.8 Å². The molecule has 0 bridgehead atoms. The van der Waals surface area contributed by atoms with E-state index in [1.54, 1.807) is 18.7 Å². The molecular weight excluding hydrogens is 1560 g/mol. The summed E-state index contributed by atoms with van der Waals surface area (Å²) < 4.78 is 26.9. The monoisotopic (exact) mass is 1620 g/mol. The summed E-state index contributed by atoms with van der Waals surface area (Å²) >= 11 is 8.26. The van der Waals surface area contributed by atoms with Gasteiger partial charge in [-0.2, -0.15) is 44.7 Å². The largest absolute Gasteiger partial charge is 0.366 e. The predicted molar refractivity (Wildman–Crippen MR) is 434 cm³/mol. The molecule has 3 N–H and O–H groups in total. The van der Waals surface area contributed by atoms with Crippen LogP contribution in [-0.2, 0) is 6.42 Å². The van der Waals surface area contributed by atoms with Crippen LogP contribution in [0.3, 0.4) is 0 Å². The molecule has 19 aromatic rings. The van der Waals surface area contributed by atoms with Crippen molar-refractivity contribution in [1.82, 2.24) is 98.0 Å². The maximum atomic E-state index is 9.30. The van der Waals surface area contributed by atoms with Crippen molar-refractivity contribution in [1.29, 1.82) is 15.8 Å². The van der Waals surface area contributed by atoms with Crippen molar-refractivity contribution in [3.8, 4) is 29.6 Å². The molecule has 0 aliphatic rings. The molecule has 6 aromatic carbocycles. The van der Waals surface area contributed by atoms with Gasteiger partial charge in [0.15, 0.2) is 49.2 Å². The molecule has 2 unspecified atom stereocenters. The van der Waals surface area contributed by atoms with Crippen molar-refractivity contribution in [2.45, 2.75) is 78.2 Å². The predicted octanol–water partition coefficient (Wildman–Crippen LogP) is 21.0. The Morgan fingerprint density at radius 1 is 0.482 bits per heavy atom. The Morgan fingerprint density at radius 2 is 1.01 bits per heavy atom. The molecule has 0 radical (unpaired) electrons. The SMILES string of the molecule is CCSc1nnc(N=Nc2c(C)[nH]n3c2nc2ccccc23)s1.CCc1noc(N=NC(C#N)c2nc3cc(C)ccc3s2)n1.Cc1[nH]n2c(nc3ccccc32)c1N=Nc1nc(-c2ccccc2)no1.Cc1nsc(N=NC(C#N)c2nc3ccccc3s2)c1C#N.Cc1nsc(N=Nc2c(C)[nH]n3c2nc2ccccc23)n1. The number of thiazole rings is 2. The highest BCUT2D eigenvalue weighted by Crippen LogP contribution is 2.37. The summed E-state index contributed by atoms with van der Waals surface area (Å²) in [5.41, 5.74) is 17.4. The van der Waals surface area contributed by atoms with Crippen LogP contribution in [0, 0.1) is 75.5 Å². The number of nitriles is 3. The molecule has 0 saturated carbocycles. The number of rotatable bonds is 16. The summed E-state index contributed by atoms with van der Waals surface area (Å²) in [5.74, 6) is 2.70. The van der Waals surface area contributed by atoms with Crippen LogP contribution in [0.2, 0.25) is 0 Å². The minimum atomic E-state index is -0.786. The van der Waals surface area contributed by atoms with Crippen LogP contribution in [0.5, 0.6) is 0 Å². The molecule has 0 aliphatic heterocycles. The summed E-state index contributed by atoms with van der Waals surface area (Å²) in [6, 6.07) is 51.7. The first kappa shape index (κ1) is 75.4. The zero-order valence-corrected chi connectivity index (χ0v) is 66.0. The summed E-state index contributed by atoms with van der Waals surface area (Å²) in [7, 11) is 0. The molecule has 13 heterocycles. The molecular formula is C73H57N33O2S6. The highest BCUT2D eigenvalue weighted by Gasteiger charge is 2.22. The van der Waals surface area contributed by atoms with Gasteiger partial charge in [0.1, 0.15) is 27.5 Å². The van der Waals surface area contributed by atoms with E-state index in [0.717, 1.165) is 126 Å². The molecule has 114 heavy (non-hydrogen) atoms. The summed E-state index contributed by atoms with van der Waals surface area (Å²) in [6.07, 6.45) is 0.651. The van der Waals surface area contributed by atoms with Gasteiger partial charge in [0.25, 0.3) is 5.13 Å². The van der Waals surface area contributed by atoms with E-state index in [1.807, 2.05) is 207 Å². The zero-order chi connectivity index (χ0) is 78.8. The third kappa shape index (κ3) is 16.5. The number of thioether (sulfide) groups is 1. The Labute approximate surface area is 667 Å². The summed E-state index contributed by atoms with van der Waals surface area (Å²) in [5, 5.41) is 97.1. The number of hydrogen-bond donors (Lipinski definition) is 3. The third-order valence-electron chi connectivity index (χ3n) is 16.4. The van der Waals surface area contributed by atoms with Gasteiger partial charge in [0.05, 0.1) is 88.4 Å². The number of azo groups is 5. The minimum absolute atomic E-state index is 0.0501. The maximum absolute atomic E-state index is 9.30. The molecule has 0 amide bonds. The highest BCUT2D eigenvalue weighted by atomic mass is 32.2. The number of hydrogen-bond acceptors (Lipinski definition) is 35. The molecule has 2 atom stereocenters. The molecule has 0 fully saturated rings. The molecule has 0 saturated heterocycles. The van der Waals surface area contributed by atoms with Gasteiger partial charge in [0.2, 0.25) is 23.0 Å². The van der Waals surface area contributed by atoms with E-state index < -0.39 is 12.1 Å². The van der Waals surface area contributed by atoms with Gasteiger partial charge in [-0.25, -0.2) is 43.5 Å². The number of nitrogens with zero attached hydrogens (tertiary/aromatic N) is 30.